The van der Waals surface area contributed by atoms with Crippen LogP contribution in [-0.4, -0.2) is 6.29 Å². The van der Waals surface area contributed by atoms with Gasteiger partial charge >= 0.3 is 0 Å². The maximum atomic E-state index is 10.3. The molecule has 0 fully saturated rings. The Bertz CT molecular complexity index is 275. The number of aldehydes is 1. The first-order chi connectivity index (χ1) is 5.27. The average Bonchev–Trinajstić information content (AvgIpc) is 2.04. The molecule has 0 aliphatic rings. The summed E-state index contributed by atoms with van der Waals surface area (Å²) in [7, 11) is 0. The highest BCUT2D eigenvalue weighted by Crippen LogP contribution is 2.22. The number of halogens is 2. The van der Waals surface area contributed by atoms with Crippen LogP contribution in [0.4, 0.5) is 0 Å². The van der Waals surface area contributed by atoms with Crippen LogP contribution in [0.5, 0.6) is 5.75 Å². The molecule has 58 valence electrons. The van der Waals surface area contributed by atoms with E-state index in [4.69, 9.17) is 11.9 Å². The third kappa shape index (κ3) is 1.94. The summed E-state index contributed by atoms with van der Waals surface area (Å²) in [5, 5.41) is 0. The second-order valence-electron chi connectivity index (χ2n) is 1.88. The minimum Gasteiger partial charge on any atom is -0.385 e. The summed E-state index contributed by atoms with van der Waals surface area (Å²) in [5.74, 6) is 0.357. The Balaban J connectivity index is 3.16. The van der Waals surface area contributed by atoms with Crippen molar-refractivity contribution in [2.24, 2.45) is 0 Å². The lowest BCUT2D eigenvalue weighted by Gasteiger charge is -1.99. The Morgan fingerprint density at radius 2 is 2.27 bits per heavy atom. The van der Waals surface area contributed by atoms with Gasteiger partial charge in [-0.3, -0.25) is 4.79 Å². The van der Waals surface area contributed by atoms with Gasteiger partial charge in [-0.2, -0.15) is 0 Å². The monoisotopic (exact) mass is 234 g/mol. The van der Waals surface area contributed by atoms with Gasteiger partial charge in [-0.15, -0.1) is 0 Å². The van der Waals surface area contributed by atoms with E-state index in [0.29, 0.717) is 17.6 Å². The van der Waals surface area contributed by atoms with Gasteiger partial charge in [0.15, 0.2) is 12.0 Å². The van der Waals surface area contributed by atoms with E-state index in [-0.39, 0.29) is 0 Å². The summed E-state index contributed by atoms with van der Waals surface area (Å²) in [6.07, 6.45) is 0.685. The van der Waals surface area contributed by atoms with E-state index in [2.05, 4.69) is 20.2 Å². The first-order valence-corrected chi connectivity index (χ1v) is 3.91. The molecule has 0 aromatic heterocycles. The van der Waals surface area contributed by atoms with Crippen LogP contribution >= 0.6 is 27.8 Å². The topological polar surface area (TPSA) is 26.3 Å². The van der Waals surface area contributed by atoms with Gasteiger partial charge in [-0.05, 0) is 18.2 Å². The molecule has 1 aromatic rings. The number of hydrogen-bond donors (Lipinski definition) is 0. The molecule has 11 heavy (non-hydrogen) atoms. The normalized spacial score (nSPS) is 9.27. The first kappa shape index (κ1) is 8.56. The lowest BCUT2D eigenvalue weighted by atomic mass is 10.2. The number of carbonyl (C=O) groups excluding carboxylic acids is 1. The van der Waals surface area contributed by atoms with Crippen LogP contribution in [0.2, 0.25) is 0 Å². The molecule has 0 spiro atoms. The molecule has 2 nitrogen and oxygen atoms in total. The van der Waals surface area contributed by atoms with Crippen LogP contribution in [-0.2, 0) is 0 Å². The SMILES string of the molecule is O=Cc1ccc(Br)cc1OCl. The highest BCUT2D eigenvalue weighted by Gasteiger charge is 2.01. The second-order valence-corrected chi connectivity index (χ2v) is 2.95. The number of carbonyl (C=O) groups is 1. The molecule has 0 bridgehead atoms. The average molecular weight is 235 g/mol. The van der Waals surface area contributed by atoms with Crippen LogP contribution in [0.15, 0.2) is 22.7 Å². The Morgan fingerprint density at radius 1 is 1.55 bits per heavy atom. The number of rotatable bonds is 2. The molecule has 0 saturated heterocycles. The zero-order valence-corrected chi connectivity index (χ0v) is 7.72. The quantitative estimate of drug-likeness (QED) is 0.737. The van der Waals surface area contributed by atoms with Gasteiger partial charge in [0.25, 0.3) is 0 Å². The fourth-order valence-electron chi connectivity index (χ4n) is 0.672. The van der Waals surface area contributed by atoms with Crippen molar-refractivity contribution >= 4 is 34.1 Å². The molecule has 1 rings (SSSR count). The standard InChI is InChI=1S/C7H4BrClO2/c8-6-2-1-5(4-10)7(3-6)11-9/h1-4H. The Kier molecular flexibility index (Phi) is 2.91. The molecule has 0 saturated carbocycles. The van der Waals surface area contributed by atoms with E-state index < -0.39 is 0 Å². The highest BCUT2D eigenvalue weighted by molar-refractivity contribution is 9.10. The fraction of sp³-hybridized carbons (Fsp3) is 0. The fourth-order valence-corrected chi connectivity index (χ4v) is 1.15. The van der Waals surface area contributed by atoms with Gasteiger partial charge in [0.05, 0.1) is 5.56 Å². The molecule has 0 aliphatic heterocycles. The number of hydrogen-bond acceptors (Lipinski definition) is 2. The van der Waals surface area contributed by atoms with Gasteiger partial charge in [0, 0.05) is 4.47 Å². The van der Waals surface area contributed by atoms with E-state index in [1.165, 1.54) is 0 Å². The van der Waals surface area contributed by atoms with Crippen molar-refractivity contribution in [2.75, 3.05) is 0 Å². The summed E-state index contributed by atoms with van der Waals surface area (Å²) < 4.78 is 5.25. The molecule has 4 heteroatoms. The van der Waals surface area contributed by atoms with Crippen molar-refractivity contribution in [2.45, 2.75) is 0 Å². The second kappa shape index (κ2) is 3.74. The Labute approximate surface area is 77.4 Å². The van der Waals surface area contributed by atoms with Crippen LogP contribution in [0, 0.1) is 0 Å². The maximum Gasteiger partial charge on any atom is 0.157 e. The third-order valence-corrected chi connectivity index (χ3v) is 1.85. The zero-order chi connectivity index (χ0) is 8.27. The Morgan fingerprint density at radius 3 is 2.82 bits per heavy atom. The smallest absolute Gasteiger partial charge is 0.157 e. The van der Waals surface area contributed by atoms with Crippen molar-refractivity contribution in [3.63, 3.8) is 0 Å². The minimum atomic E-state index is 0.357. The van der Waals surface area contributed by atoms with Gasteiger partial charge in [-0.1, -0.05) is 15.9 Å². The molecule has 0 N–H and O–H groups in total. The summed E-state index contributed by atoms with van der Waals surface area (Å²) in [4.78, 5) is 10.3. The summed E-state index contributed by atoms with van der Waals surface area (Å²) in [5.41, 5.74) is 0.434. The van der Waals surface area contributed by atoms with Crippen molar-refractivity contribution in [1.82, 2.24) is 0 Å². The number of benzene rings is 1. The predicted octanol–water partition coefficient (Wildman–Crippen LogP) is 2.79. The lowest BCUT2D eigenvalue weighted by Crippen LogP contribution is -1.84. The van der Waals surface area contributed by atoms with Crippen molar-refractivity contribution in [3.05, 3.63) is 28.2 Å². The van der Waals surface area contributed by atoms with Gasteiger partial charge < -0.3 is 4.29 Å². The highest BCUT2D eigenvalue weighted by atomic mass is 79.9. The van der Waals surface area contributed by atoms with Crippen molar-refractivity contribution in [1.29, 1.82) is 0 Å². The van der Waals surface area contributed by atoms with E-state index in [9.17, 15) is 4.79 Å². The van der Waals surface area contributed by atoms with Crippen LogP contribution in [0.3, 0.4) is 0 Å². The van der Waals surface area contributed by atoms with E-state index >= 15 is 0 Å². The molecule has 0 aliphatic carbocycles. The van der Waals surface area contributed by atoms with Gasteiger partial charge in [0.2, 0.25) is 0 Å². The van der Waals surface area contributed by atoms with E-state index in [1.54, 1.807) is 18.2 Å². The molecule has 0 heterocycles. The van der Waals surface area contributed by atoms with Crippen molar-refractivity contribution < 1.29 is 9.08 Å². The summed E-state index contributed by atoms with van der Waals surface area (Å²) in [6, 6.07) is 4.98. The molecule has 0 unspecified atom stereocenters. The summed E-state index contributed by atoms with van der Waals surface area (Å²) >= 11 is 8.31. The van der Waals surface area contributed by atoms with Crippen molar-refractivity contribution in [3.8, 4) is 5.75 Å². The molecule has 0 radical (unpaired) electrons. The van der Waals surface area contributed by atoms with Crippen LogP contribution in [0.25, 0.3) is 0 Å². The maximum absolute atomic E-state index is 10.3. The lowest BCUT2D eigenvalue weighted by molar-refractivity contribution is 0.112. The third-order valence-electron chi connectivity index (χ3n) is 1.19. The first-order valence-electron chi connectivity index (χ1n) is 2.81. The predicted molar refractivity (Wildman–Crippen MR) is 46.0 cm³/mol. The van der Waals surface area contributed by atoms with Crippen LogP contribution in [0.1, 0.15) is 10.4 Å². The zero-order valence-electron chi connectivity index (χ0n) is 5.38. The largest absolute Gasteiger partial charge is 0.385 e. The molecule has 1 aromatic carbocycles. The molecular weight excluding hydrogens is 231 g/mol. The summed E-state index contributed by atoms with van der Waals surface area (Å²) in [6.45, 7) is 0. The van der Waals surface area contributed by atoms with E-state index in [1.807, 2.05) is 0 Å². The van der Waals surface area contributed by atoms with E-state index in [0.717, 1.165) is 4.47 Å². The molecule has 0 amide bonds. The molecule has 0 atom stereocenters. The van der Waals surface area contributed by atoms with Gasteiger partial charge in [0.1, 0.15) is 11.9 Å². The minimum absolute atomic E-state index is 0.357. The molecular formula is C7H4BrClO2. The van der Waals surface area contributed by atoms with Gasteiger partial charge in [-0.25, -0.2) is 0 Å². The Hall–Kier alpha value is -0.540. The van der Waals surface area contributed by atoms with Crippen LogP contribution < -0.4 is 4.29 Å².